The second-order valence-corrected chi connectivity index (χ2v) is 12.6. The number of carbonyl (C=O) groups excluding carboxylic acids is 1. The zero-order chi connectivity index (χ0) is 17.5. The van der Waals surface area contributed by atoms with Crippen LogP contribution in [-0.2, 0) is 15.8 Å². The first kappa shape index (κ1) is 19.9. The summed E-state index contributed by atoms with van der Waals surface area (Å²) in [7, 11) is -1.65. The molecule has 0 fully saturated rings. The minimum Gasteiger partial charge on any atom is -0.417 e. The summed E-state index contributed by atoms with van der Waals surface area (Å²) in [6.45, 7) is 15.3. The van der Waals surface area contributed by atoms with Crippen LogP contribution in [-0.4, -0.2) is 32.3 Å². The van der Waals surface area contributed by atoms with E-state index >= 15 is 0 Å². The van der Waals surface area contributed by atoms with Crippen molar-refractivity contribution in [3.05, 3.63) is 35.9 Å². The van der Waals surface area contributed by atoms with Gasteiger partial charge in [-0.05, 0) is 36.5 Å². The molecule has 0 spiro atoms. The number of hydrogen-bond acceptors (Lipinski definition) is 2. The number of rotatable bonds is 8. The van der Waals surface area contributed by atoms with E-state index in [0.29, 0.717) is 6.54 Å². The predicted molar refractivity (Wildman–Crippen MR) is 99.9 cm³/mol. The lowest BCUT2D eigenvalue weighted by molar-refractivity contribution is -0.129. The third kappa shape index (κ3) is 6.88. The quantitative estimate of drug-likeness (QED) is 0.502. The minimum atomic E-state index is -1.65. The van der Waals surface area contributed by atoms with E-state index in [1.807, 2.05) is 23.1 Å². The summed E-state index contributed by atoms with van der Waals surface area (Å²) in [5, 5.41) is 0.256. The van der Waals surface area contributed by atoms with Gasteiger partial charge in [-0.2, -0.15) is 0 Å². The van der Waals surface area contributed by atoms with Gasteiger partial charge in [-0.15, -0.1) is 0 Å². The van der Waals surface area contributed by atoms with Gasteiger partial charge in [-0.3, -0.25) is 4.79 Å². The lowest BCUT2D eigenvalue weighted by Crippen LogP contribution is -2.41. The van der Waals surface area contributed by atoms with Crippen molar-refractivity contribution in [1.29, 1.82) is 0 Å². The molecule has 0 atom stereocenters. The SMILES string of the molecule is CC(=O)N(CCCCO[Si](C)(C)C(C)(C)C)Cc1ccccc1. The molecule has 0 aliphatic rings. The van der Waals surface area contributed by atoms with Crippen LogP contribution >= 0.6 is 0 Å². The van der Waals surface area contributed by atoms with Crippen molar-refractivity contribution in [3.8, 4) is 0 Å². The molecule has 1 aromatic rings. The first-order chi connectivity index (χ1) is 10.6. The van der Waals surface area contributed by atoms with E-state index in [-0.39, 0.29) is 10.9 Å². The Kier molecular flexibility index (Phi) is 7.48. The Morgan fingerprint density at radius 2 is 1.74 bits per heavy atom. The zero-order valence-corrected chi connectivity index (χ0v) is 16.7. The average molecular weight is 336 g/mol. The Morgan fingerprint density at radius 1 is 1.13 bits per heavy atom. The average Bonchev–Trinajstić information content (AvgIpc) is 2.45. The van der Waals surface area contributed by atoms with E-state index in [1.54, 1.807) is 6.92 Å². The summed E-state index contributed by atoms with van der Waals surface area (Å²) in [6, 6.07) is 10.2. The number of nitrogens with zero attached hydrogens (tertiary/aromatic N) is 1. The van der Waals surface area contributed by atoms with Crippen LogP contribution in [0.25, 0.3) is 0 Å². The molecule has 4 heteroatoms. The first-order valence-electron chi connectivity index (χ1n) is 8.57. The van der Waals surface area contributed by atoms with Crippen LogP contribution in [0.5, 0.6) is 0 Å². The maximum absolute atomic E-state index is 11.8. The largest absolute Gasteiger partial charge is 0.417 e. The summed E-state index contributed by atoms with van der Waals surface area (Å²) in [4.78, 5) is 13.7. The van der Waals surface area contributed by atoms with Gasteiger partial charge in [-0.25, -0.2) is 0 Å². The summed E-state index contributed by atoms with van der Waals surface area (Å²) in [5.41, 5.74) is 1.18. The molecule has 3 nitrogen and oxygen atoms in total. The van der Waals surface area contributed by atoms with Crippen molar-refractivity contribution in [2.75, 3.05) is 13.2 Å². The molecule has 0 N–H and O–H groups in total. The maximum Gasteiger partial charge on any atom is 0.219 e. The molecule has 130 valence electrons. The van der Waals surface area contributed by atoms with Crippen LogP contribution in [0.3, 0.4) is 0 Å². The molecule has 1 aromatic carbocycles. The zero-order valence-electron chi connectivity index (χ0n) is 15.7. The molecule has 0 unspecified atom stereocenters. The Balaban J connectivity index is 2.36. The highest BCUT2D eigenvalue weighted by atomic mass is 28.4. The first-order valence-corrected chi connectivity index (χ1v) is 11.5. The number of unbranched alkanes of at least 4 members (excludes halogenated alkanes) is 1. The van der Waals surface area contributed by atoms with E-state index in [2.05, 4.69) is 46.0 Å². The molecule has 0 saturated heterocycles. The molecule has 0 bridgehead atoms. The van der Waals surface area contributed by atoms with Gasteiger partial charge < -0.3 is 9.33 Å². The van der Waals surface area contributed by atoms with Crippen LogP contribution in [0.2, 0.25) is 18.1 Å². The minimum absolute atomic E-state index is 0.138. The Labute approximate surface area is 143 Å². The van der Waals surface area contributed by atoms with E-state index in [0.717, 1.165) is 26.0 Å². The lowest BCUT2D eigenvalue weighted by atomic mass is 10.2. The van der Waals surface area contributed by atoms with Gasteiger partial charge in [0.05, 0.1) is 0 Å². The standard InChI is InChI=1S/C19H33NO2Si/c1-17(21)20(16-18-12-8-7-9-13-18)14-10-11-15-22-23(5,6)19(2,3)4/h7-9,12-13H,10-11,14-16H2,1-6H3. The van der Waals surface area contributed by atoms with Crippen molar-refractivity contribution in [3.63, 3.8) is 0 Å². The molecule has 0 heterocycles. The molecule has 23 heavy (non-hydrogen) atoms. The smallest absolute Gasteiger partial charge is 0.219 e. The van der Waals surface area contributed by atoms with Gasteiger partial charge in [-0.1, -0.05) is 51.1 Å². The lowest BCUT2D eigenvalue weighted by Gasteiger charge is -2.36. The van der Waals surface area contributed by atoms with Crippen molar-refractivity contribution in [1.82, 2.24) is 4.90 Å². The highest BCUT2D eigenvalue weighted by Gasteiger charge is 2.36. The van der Waals surface area contributed by atoms with E-state index in [1.165, 1.54) is 5.56 Å². The van der Waals surface area contributed by atoms with Gasteiger partial charge >= 0.3 is 0 Å². The van der Waals surface area contributed by atoms with E-state index in [9.17, 15) is 4.79 Å². The fraction of sp³-hybridized carbons (Fsp3) is 0.632. The topological polar surface area (TPSA) is 29.5 Å². The molecular formula is C19H33NO2Si. The molecule has 0 aliphatic heterocycles. The summed E-state index contributed by atoms with van der Waals surface area (Å²) < 4.78 is 6.19. The highest BCUT2D eigenvalue weighted by molar-refractivity contribution is 6.74. The van der Waals surface area contributed by atoms with Gasteiger partial charge in [0.2, 0.25) is 5.91 Å². The van der Waals surface area contributed by atoms with Crippen LogP contribution in [0.4, 0.5) is 0 Å². The van der Waals surface area contributed by atoms with Gasteiger partial charge in [0.15, 0.2) is 8.32 Å². The second kappa shape index (κ2) is 8.64. The van der Waals surface area contributed by atoms with Crippen molar-refractivity contribution in [2.24, 2.45) is 0 Å². The van der Waals surface area contributed by atoms with E-state index < -0.39 is 8.32 Å². The predicted octanol–water partition coefficient (Wildman–Crippen LogP) is 4.84. The number of amides is 1. The Morgan fingerprint density at radius 3 is 2.26 bits per heavy atom. The molecule has 0 aliphatic carbocycles. The normalized spacial score (nSPS) is 12.3. The van der Waals surface area contributed by atoms with Crippen LogP contribution in [0.15, 0.2) is 30.3 Å². The molecule has 1 rings (SSSR count). The Bertz CT molecular complexity index is 480. The molecular weight excluding hydrogens is 302 g/mol. The van der Waals surface area contributed by atoms with E-state index in [4.69, 9.17) is 4.43 Å². The summed E-state index contributed by atoms with van der Waals surface area (Å²) in [6.07, 6.45) is 1.99. The number of benzene rings is 1. The molecule has 1 amide bonds. The van der Waals surface area contributed by atoms with Crippen LogP contribution in [0.1, 0.15) is 46.1 Å². The monoisotopic (exact) mass is 335 g/mol. The van der Waals surface area contributed by atoms with Gasteiger partial charge in [0.1, 0.15) is 0 Å². The summed E-state index contributed by atoms with van der Waals surface area (Å²) in [5.74, 6) is 0.138. The third-order valence-corrected chi connectivity index (χ3v) is 9.29. The van der Waals surface area contributed by atoms with Crippen molar-refractivity contribution < 1.29 is 9.22 Å². The van der Waals surface area contributed by atoms with Crippen LogP contribution in [0, 0.1) is 0 Å². The summed E-state index contributed by atoms with van der Waals surface area (Å²) >= 11 is 0. The molecule has 0 radical (unpaired) electrons. The number of hydrogen-bond donors (Lipinski definition) is 0. The van der Waals surface area contributed by atoms with Crippen molar-refractivity contribution in [2.45, 2.75) is 65.2 Å². The van der Waals surface area contributed by atoms with Crippen LogP contribution < -0.4 is 0 Å². The fourth-order valence-corrected chi connectivity index (χ4v) is 3.19. The fourth-order valence-electron chi connectivity index (χ4n) is 2.10. The highest BCUT2D eigenvalue weighted by Crippen LogP contribution is 2.36. The number of carbonyl (C=O) groups is 1. The van der Waals surface area contributed by atoms with Gasteiger partial charge in [0, 0.05) is 26.6 Å². The maximum atomic E-state index is 11.8. The molecule has 0 aromatic heterocycles. The molecule has 0 saturated carbocycles. The van der Waals surface area contributed by atoms with Gasteiger partial charge in [0.25, 0.3) is 0 Å². The second-order valence-electron chi connectivity index (χ2n) is 7.74. The third-order valence-electron chi connectivity index (χ3n) is 4.75. The van der Waals surface area contributed by atoms with Crippen molar-refractivity contribution >= 4 is 14.2 Å². The Hall–Kier alpha value is -1.13.